The number of rotatable bonds is 9. The molecule has 9 nitrogen and oxygen atoms in total. The molecule has 0 radical (unpaired) electrons. The fourth-order valence-electron chi connectivity index (χ4n) is 3.02. The highest BCUT2D eigenvalue weighted by atomic mass is 79.9. The van der Waals surface area contributed by atoms with Crippen LogP contribution in [0, 0.1) is 0 Å². The van der Waals surface area contributed by atoms with E-state index in [4.69, 9.17) is 42.1 Å². The van der Waals surface area contributed by atoms with Crippen LogP contribution in [0.25, 0.3) is 11.0 Å². The van der Waals surface area contributed by atoms with Gasteiger partial charge in [0.1, 0.15) is 6.10 Å². The number of methoxy groups -OCH3 is 1. The summed E-state index contributed by atoms with van der Waals surface area (Å²) < 4.78 is 23.4. The molecule has 2 rings (SSSR count). The number of carbonyl (C=O) groups excluding carboxylic acids is 3. The molecule has 12 heteroatoms. The van der Waals surface area contributed by atoms with Gasteiger partial charge in [-0.25, -0.2) is 4.98 Å². The van der Waals surface area contributed by atoms with Crippen molar-refractivity contribution in [3.8, 4) is 0 Å². The lowest BCUT2D eigenvalue weighted by Crippen LogP contribution is -2.42. The molecule has 0 fully saturated rings. The monoisotopic (exact) mass is 538 g/mol. The predicted octanol–water partition coefficient (Wildman–Crippen LogP) is 4.07. The normalized spacial score (nSPS) is 14.0. The molecular formula is C19H21BrCl2N2O7. The van der Waals surface area contributed by atoms with E-state index in [9.17, 15) is 14.4 Å². The van der Waals surface area contributed by atoms with Crippen LogP contribution in [-0.2, 0) is 33.3 Å². The number of aromatic nitrogens is 2. The fourth-order valence-corrected chi connectivity index (χ4v) is 3.92. The van der Waals surface area contributed by atoms with Gasteiger partial charge in [-0.1, -0.05) is 23.2 Å². The molecule has 0 aliphatic heterocycles. The van der Waals surface area contributed by atoms with E-state index < -0.39 is 36.3 Å². The van der Waals surface area contributed by atoms with Crippen molar-refractivity contribution in [3.63, 3.8) is 0 Å². The fraction of sp³-hybridized carbons (Fsp3) is 0.474. The van der Waals surface area contributed by atoms with E-state index >= 15 is 0 Å². The number of imidazole rings is 1. The Labute approximate surface area is 197 Å². The number of ether oxygens (including phenoxy) is 4. The Kier molecular flexibility index (Phi) is 9.11. The van der Waals surface area contributed by atoms with E-state index in [-0.39, 0.29) is 18.1 Å². The number of hydrogen-bond donors (Lipinski definition) is 0. The van der Waals surface area contributed by atoms with Crippen LogP contribution in [0.5, 0.6) is 0 Å². The van der Waals surface area contributed by atoms with E-state index in [1.54, 1.807) is 16.7 Å². The van der Waals surface area contributed by atoms with E-state index in [1.165, 1.54) is 27.9 Å². The molecule has 0 saturated carbocycles. The van der Waals surface area contributed by atoms with Crippen LogP contribution >= 0.6 is 39.1 Å². The first kappa shape index (κ1) is 25.4. The summed E-state index contributed by atoms with van der Waals surface area (Å²) >= 11 is 15.6. The van der Waals surface area contributed by atoms with Crippen LogP contribution in [-0.4, -0.2) is 53.4 Å². The zero-order chi connectivity index (χ0) is 23.3. The highest BCUT2D eigenvalue weighted by Crippen LogP contribution is 2.34. The van der Waals surface area contributed by atoms with Crippen molar-refractivity contribution >= 4 is 68.1 Å². The molecule has 0 bridgehead atoms. The molecule has 0 saturated heterocycles. The van der Waals surface area contributed by atoms with Gasteiger partial charge in [0.2, 0.25) is 0 Å². The van der Waals surface area contributed by atoms with Gasteiger partial charge >= 0.3 is 17.9 Å². The molecule has 0 aliphatic carbocycles. The minimum atomic E-state index is -1.11. The number of carbonyl (C=O) groups is 3. The zero-order valence-electron chi connectivity index (χ0n) is 17.2. The average Bonchev–Trinajstić information content (AvgIpc) is 2.95. The first-order valence-corrected chi connectivity index (χ1v) is 10.6. The second-order valence-electron chi connectivity index (χ2n) is 6.48. The quantitative estimate of drug-likeness (QED) is 0.347. The molecule has 0 aliphatic rings. The third-order valence-corrected chi connectivity index (χ3v) is 5.44. The molecule has 1 aromatic heterocycles. The van der Waals surface area contributed by atoms with Gasteiger partial charge in [0.25, 0.3) is 0 Å². The van der Waals surface area contributed by atoms with Gasteiger partial charge in [-0.15, -0.1) is 0 Å². The Morgan fingerprint density at radius 2 is 1.68 bits per heavy atom. The van der Waals surface area contributed by atoms with Crippen molar-refractivity contribution in [2.45, 2.75) is 45.6 Å². The van der Waals surface area contributed by atoms with Gasteiger partial charge in [0.05, 0.1) is 27.7 Å². The molecule has 0 spiro atoms. The highest BCUT2D eigenvalue weighted by molar-refractivity contribution is 9.10. The number of fused-ring (bicyclic) bond motifs is 1. The molecular weight excluding hydrogens is 519 g/mol. The third-order valence-electron chi connectivity index (χ3n) is 4.16. The number of esters is 3. The van der Waals surface area contributed by atoms with Crippen molar-refractivity contribution in [3.05, 3.63) is 26.9 Å². The average molecular weight is 540 g/mol. The Balaban J connectivity index is 2.55. The Bertz CT molecular complexity index is 982. The van der Waals surface area contributed by atoms with Crippen molar-refractivity contribution in [1.29, 1.82) is 0 Å². The highest BCUT2D eigenvalue weighted by Gasteiger charge is 2.38. The Morgan fingerprint density at radius 1 is 1.06 bits per heavy atom. The van der Waals surface area contributed by atoms with Gasteiger partial charge in [-0.2, -0.15) is 0 Å². The second kappa shape index (κ2) is 11.1. The first-order valence-electron chi connectivity index (χ1n) is 9.08. The van der Waals surface area contributed by atoms with E-state index in [0.717, 1.165) is 0 Å². The Morgan fingerprint density at radius 3 is 2.23 bits per heavy atom. The molecule has 0 amide bonds. The summed E-state index contributed by atoms with van der Waals surface area (Å²) in [6, 6.07) is 3.17. The number of halogens is 3. The minimum Gasteiger partial charge on any atom is -0.466 e. The number of hydrogen-bond acceptors (Lipinski definition) is 8. The molecule has 2 unspecified atom stereocenters. The van der Waals surface area contributed by atoms with Gasteiger partial charge in [-0.05, 0) is 28.1 Å². The maximum Gasteiger partial charge on any atom is 0.303 e. The SMILES string of the molecule is COC(C(OC(C)=O)[C@@H](CCOC(C)=O)OC(C)=O)n1c(Br)nc2cc(Cl)c(Cl)cc21. The molecule has 31 heavy (non-hydrogen) atoms. The van der Waals surface area contributed by atoms with Crippen molar-refractivity contribution < 1.29 is 33.3 Å². The lowest BCUT2D eigenvalue weighted by Gasteiger charge is -2.32. The molecule has 1 heterocycles. The maximum atomic E-state index is 11.9. The summed E-state index contributed by atoms with van der Waals surface area (Å²) in [6.07, 6.45) is -3.02. The van der Waals surface area contributed by atoms with Crippen LogP contribution in [0.2, 0.25) is 10.0 Å². The summed E-state index contributed by atoms with van der Waals surface area (Å²) in [5, 5.41) is 0.601. The topological polar surface area (TPSA) is 106 Å². The summed E-state index contributed by atoms with van der Waals surface area (Å²) in [4.78, 5) is 39.1. The van der Waals surface area contributed by atoms with E-state index in [0.29, 0.717) is 20.8 Å². The van der Waals surface area contributed by atoms with Crippen LogP contribution in [0.1, 0.15) is 33.4 Å². The summed E-state index contributed by atoms with van der Waals surface area (Å²) in [5.41, 5.74) is 1.04. The third kappa shape index (κ3) is 6.55. The van der Waals surface area contributed by atoms with Crippen LogP contribution < -0.4 is 0 Å². The predicted molar refractivity (Wildman–Crippen MR) is 116 cm³/mol. The summed E-state index contributed by atoms with van der Waals surface area (Å²) in [5.74, 6) is -1.73. The molecule has 1 aromatic carbocycles. The maximum absolute atomic E-state index is 11.9. The molecule has 2 aromatic rings. The smallest absolute Gasteiger partial charge is 0.303 e. The molecule has 0 N–H and O–H groups in total. The zero-order valence-corrected chi connectivity index (χ0v) is 20.3. The van der Waals surface area contributed by atoms with Gasteiger partial charge < -0.3 is 18.9 Å². The lowest BCUT2D eigenvalue weighted by atomic mass is 10.1. The van der Waals surface area contributed by atoms with E-state index in [1.807, 2.05) is 0 Å². The number of nitrogens with zero attached hydrogens (tertiary/aromatic N) is 2. The summed E-state index contributed by atoms with van der Waals surface area (Å²) in [7, 11) is 1.40. The first-order chi connectivity index (χ1) is 14.5. The van der Waals surface area contributed by atoms with Crippen molar-refractivity contribution in [1.82, 2.24) is 9.55 Å². The number of benzene rings is 1. The van der Waals surface area contributed by atoms with Gasteiger partial charge in [-0.3, -0.25) is 19.0 Å². The van der Waals surface area contributed by atoms with E-state index in [2.05, 4.69) is 20.9 Å². The molecule has 3 atom stereocenters. The van der Waals surface area contributed by atoms with Crippen LogP contribution in [0.4, 0.5) is 0 Å². The largest absolute Gasteiger partial charge is 0.466 e. The Hall–Kier alpha value is -1.88. The standard InChI is InChI=1S/C19H21BrCl2N2O7/c1-9(25)29-6-5-16(30-10(2)26)17(31-11(3)27)18(28-4)24-15-8-13(22)12(21)7-14(15)23-19(24)20/h7-8,16-18H,5-6H2,1-4H3/t16-,17?,18?/m1/s1. The van der Waals surface area contributed by atoms with Gasteiger partial charge in [0.15, 0.2) is 17.1 Å². The van der Waals surface area contributed by atoms with Crippen LogP contribution in [0.3, 0.4) is 0 Å². The van der Waals surface area contributed by atoms with Crippen molar-refractivity contribution in [2.75, 3.05) is 13.7 Å². The summed E-state index contributed by atoms with van der Waals surface area (Å²) in [6.45, 7) is 3.63. The van der Waals surface area contributed by atoms with Crippen molar-refractivity contribution in [2.24, 2.45) is 0 Å². The lowest BCUT2D eigenvalue weighted by molar-refractivity contribution is -0.186. The molecule has 170 valence electrons. The van der Waals surface area contributed by atoms with Crippen LogP contribution in [0.15, 0.2) is 16.9 Å². The second-order valence-corrected chi connectivity index (χ2v) is 8.01. The van der Waals surface area contributed by atoms with Gasteiger partial charge in [0, 0.05) is 34.3 Å². The minimum absolute atomic E-state index is 0.0608.